The van der Waals surface area contributed by atoms with Crippen LogP contribution < -0.4 is 0 Å². The lowest BCUT2D eigenvalue weighted by molar-refractivity contribution is 0.636. The van der Waals surface area contributed by atoms with E-state index in [1.807, 2.05) is 0 Å². The molecule has 0 N–H and O–H groups in total. The monoisotopic (exact) mass is 460 g/mol. The fraction of sp³-hybridized carbons (Fsp3) is 0.562. The Kier molecular flexibility index (Phi) is 10.7. The van der Waals surface area contributed by atoms with Gasteiger partial charge in [-0.25, -0.2) is 0 Å². The maximum absolute atomic E-state index is 5.23. The molecule has 0 saturated heterocycles. The summed E-state index contributed by atoms with van der Waals surface area (Å²) in [6, 6.07) is 13.4. The van der Waals surface area contributed by atoms with Crippen LogP contribution in [0.25, 0.3) is 0 Å². The van der Waals surface area contributed by atoms with Crippen LogP contribution >= 0.6 is 0 Å². The lowest BCUT2D eigenvalue weighted by atomic mass is 9.94. The predicted molar refractivity (Wildman–Crippen MR) is 153 cm³/mol. The van der Waals surface area contributed by atoms with Gasteiger partial charge in [-0.1, -0.05) is 91.8 Å². The summed E-state index contributed by atoms with van der Waals surface area (Å²) >= 11 is 0. The van der Waals surface area contributed by atoms with Crippen molar-refractivity contribution >= 4 is 22.8 Å². The molecule has 0 aliphatic heterocycles. The van der Waals surface area contributed by atoms with Gasteiger partial charge in [-0.05, 0) is 85.5 Å². The first kappa shape index (κ1) is 28.0. The van der Waals surface area contributed by atoms with Crippen LogP contribution in [-0.2, 0) is 25.7 Å². The molecule has 34 heavy (non-hydrogen) atoms. The van der Waals surface area contributed by atoms with Gasteiger partial charge in [-0.3, -0.25) is 9.98 Å². The van der Waals surface area contributed by atoms with Gasteiger partial charge in [-0.2, -0.15) is 0 Å². The summed E-state index contributed by atoms with van der Waals surface area (Å²) in [5, 5.41) is 0. The molecule has 0 bridgehead atoms. The van der Waals surface area contributed by atoms with E-state index < -0.39 is 0 Å². The van der Waals surface area contributed by atoms with Crippen LogP contribution in [0.2, 0.25) is 0 Å². The molecule has 2 aromatic rings. The minimum atomic E-state index is 0.597. The van der Waals surface area contributed by atoms with Gasteiger partial charge in [0.2, 0.25) is 0 Å². The van der Waals surface area contributed by atoms with Crippen molar-refractivity contribution < 1.29 is 0 Å². The highest BCUT2D eigenvalue weighted by Crippen LogP contribution is 2.31. The van der Waals surface area contributed by atoms with Crippen molar-refractivity contribution in [2.45, 2.75) is 94.9 Å². The molecular weight excluding hydrogens is 412 g/mol. The van der Waals surface area contributed by atoms with Crippen molar-refractivity contribution in [1.82, 2.24) is 0 Å². The Balaban J connectivity index is 2.58. The number of hydrogen-bond donors (Lipinski definition) is 0. The van der Waals surface area contributed by atoms with Crippen molar-refractivity contribution in [3.63, 3.8) is 0 Å². The molecule has 186 valence electrons. The van der Waals surface area contributed by atoms with Gasteiger partial charge in [0.05, 0.1) is 22.8 Å². The molecule has 0 aliphatic carbocycles. The third-order valence-corrected chi connectivity index (χ3v) is 6.00. The van der Waals surface area contributed by atoms with Crippen LogP contribution in [0.4, 0.5) is 11.4 Å². The first-order chi connectivity index (χ1) is 16.0. The molecule has 2 heteroatoms. The smallest absolute Gasteiger partial charge is 0.0697 e. The lowest BCUT2D eigenvalue weighted by Gasteiger charge is -2.17. The van der Waals surface area contributed by atoms with E-state index in [2.05, 4.69) is 106 Å². The minimum absolute atomic E-state index is 0.597. The molecule has 2 nitrogen and oxygen atoms in total. The second-order valence-electron chi connectivity index (χ2n) is 11.6. The maximum atomic E-state index is 5.23. The second kappa shape index (κ2) is 13.0. The van der Waals surface area contributed by atoms with E-state index in [0.717, 1.165) is 48.5 Å². The number of para-hydroxylation sites is 2. The Morgan fingerprint density at radius 2 is 0.735 bits per heavy atom. The van der Waals surface area contributed by atoms with Gasteiger partial charge in [0, 0.05) is 0 Å². The van der Waals surface area contributed by atoms with E-state index in [1.165, 1.54) is 22.3 Å². The molecule has 0 fully saturated rings. The molecule has 0 aliphatic rings. The SMILES string of the molecule is CC(=N\c1c(CC(C)C)cccc1CC(C)C)/C(C)=N/c1c(CC(C)C)cccc1CC(C)C. The molecule has 0 aromatic heterocycles. The third kappa shape index (κ3) is 8.53. The lowest BCUT2D eigenvalue weighted by Crippen LogP contribution is -2.08. The highest BCUT2D eigenvalue weighted by molar-refractivity contribution is 6.41. The van der Waals surface area contributed by atoms with Crippen LogP contribution in [0.1, 0.15) is 91.5 Å². The van der Waals surface area contributed by atoms with Crippen molar-refractivity contribution in [1.29, 1.82) is 0 Å². The summed E-state index contributed by atoms with van der Waals surface area (Å²) in [5.41, 5.74) is 9.74. The Morgan fingerprint density at radius 1 is 0.500 bits per heavy atom. The quantitative estimate of drug-likeness (QED) is 0.298. The van der Waals surface area contributed by atoms with E-state index >= 15 is 0 Å². The normalized spacial score (nSPS) is 13.1. The van der Waals surface area contributed by atoms with E-state index in [-0.39, 0.29) is 0 Å². The summed E-state index contributed by atoms with van der Waals surface area (Å²) in [6.07, 6.45) is 4.18. The summed E-state index contributed by atoms with van der Waals surface area (Å²) in [5.74, 6) is 2.39. The zero-order chi connectivity index (χ0) is 25.4. The van der Waals surface area contributed by atoms with E-state index in [4.69, 9.17) is 9.98 Å². The van der Waals surface area contributed by atoms with Crippen molar-refractivity contribution in [2.75, 3.05) is 0 Å². The number of benzene rings is 2. The summed E-state index contributed by atoms with van der Waals surface area (Å²) in [6.45, 7) is 22.5. The Labute approximate surface area is 210 Å². The van der Waals surface area contributed by atoms with Crippen LogP contribution in [0.5, 0.6) is 0 Å². The molecule has 2 aromatic carbocycles. The number of hydrogen-bond acceptors (Lipinski definition) is 2. The Bertz CT molecular complexity index is 852. The fourth-order valence-corrected chi connectivity index (χ4v) is 4.49. The summed E-state index contributed by atoms with van der Waals surface area (Å²) < 4.78 is 0. The first-order valence-electron chi connectivity index (χ1n) is 13.3. The number of rotatable bonds is 11. The summed E-state index contributed by atoms with van der Waals surface area (Å²) in [4.78, 5) is 10.5. The van der Waals surface area contributed by atoms with Gasteiger partial charge < -0.3 is 0 Å². The highest BCUT2D eigenvalue weighted by atomic mass is 14.8. The van der Waals surface area contributed by atoms with Crippen LogP contribution in [-0.4, -0.2) is 11.4 Å². The third-order valence-electron chi connectivity index (χ3n) is 6.00. The number of nitrogens with zero attached hydrogens (tertiary/aromatic N) is 2. The molecule has 0 atom stereocenters. The van der Waals surface area contributed by atoms with Crippen LogP contribution in [0.15, 0.2) is 46.4 Å². The molecule has 2 rings (SSSR count). The molecular formula is C32H48N2. The van der Waals surface area contributed by atoms with E-state index in [9.17, 15) is 0 Å². The zero-order valence-corrected chi connectivity index (χ0v) is 23.5. The largest absolute Gasteiger partial charge is 0.251 e. The molecule has 0 heterocycles. The average molecular weight is 461 g/mol. The minimum Gasteiger partial charge on any atom is -0.251 e. The standard InChI is InChI=1S/C32H48N2/c1-21(2)17-27-13-11-14-28(18-22(3)4)31(27)33-25(9)26(10)34-32-29(19-23(5)6)15-12-16-30(32)20-24(7)8/h11-16,21-24H,17-20H2,1-10H3/b33-25+,34-26+. The van der Waals surface area contributed by atoms with E-state index in [1.54, 1.807) is 0 Å². The van der Waals surface area contributed by atoms with Gasteiger partial charge in [0.15, 0.2) is 0 Å². The molecule has 0 amide bonds. The predicted octanol–water partition coefficient (Wildman–Crippen LogP) is 9.37. The van der Waals surface area contributed by atoms with Crippen LogP contribution in [0, 0.1) is 23.7 Å². The molecule has 0 unspecified atom stereocenters. The maximum Gasteiger partial charge on any atom is 0.0697 e. The number of aliphatic imine (C=N–C) groups is 2. The van der Waals surface area contributed by atoms with Crippen LogP contribution in [0.3, 0.4) is 0 Å². The van der Waals surface area contributed by atoms with E-state index in [0.29, 0.717) is 23.7 Å². The van der Waals surface area contributed by atoms with Crippen molar-refractivity contribution in [3.05, 3.63) is 58.7 Å². The van der Waals surface area contributed by atoms with Gasteiger partial charge in [0.25, 0.3) is 0 Å². The average Bonchev–Trinajstić information content (AvgIpc) is 2.70. The second-order valence-corrected chi connectivity index (χ2v) is 11.6. The fourth-order valence-electron chi connectivity index (χ4n) is 4.49. The van der Waals surface area contributed by atoms with Gasteiger partial charge in [-0.15, -0.1) is 0 Å². The highest BCUT2D eigenvalue weighted by Gasteiger charge is 2.14. The first-order valence-corrected chi connectivity index (χ1v) is 13.3. The molecule has 0 spiro atoms. The van der Waals surface area contributed by atoms with Crippen molar-refractivity contribution in [3.8, 4) is 0 Å². The molecule has 0 saturated carbocycles. The Morgan fingerprint density at radius 3 is 0.941 bits per heavy atom. The zero-order valence-electron chi connectivity index (χ0n) is 23.5. The van der Waals surface area contributed by atoms with Gasteiger partial charge in [0.1, 0.15) is 0 Å². The Hall–Kier alpha value is -2.22. The van der Waals surface area contributed by atoms with Crippen molar-refractivity contribution in [2.24, 2.45) is 33.7 Å². The van der Waals surface area contributed by atoms with Gasteiger partial charge >= 0.3 is 0 Å². The summed E-state index contributed by atoms with van der Waals surface area (Å²) in [7, 11) is 0. The molecule has 0 radical (unpaired) electrons. The topological polar surface area (TPSA) is 24.7 Å².